The fourth-order valence-electron chi connectivity index (χ4n) is 2.58. The Morgan fingerprint density at radius 1 is 1.12 bits per heavy atom. The first kappa shape index (κ1) is 18.4. The quantitative estimate of drug-likeness (QED) is 0.748. The van der Waals surface area contributed by atoms with Gasteiger partial charge in [-0.05, 0) is 25.0 Å². The Morgan fingerprint density at radius 3 is 2.32 bits per heavy atom. The van der Waals surface area contributed by atoms with Gasteiger partial charge in [-0.15, -0.1) is 0 Å². The average molecular weight is 406 g/mol. The van der Waals surface area contributed by atoms with Crippen LogP contribution in [-0.4, -0.2) is 62.8 Å². The molecule has 1 aliphatic carbocycles. The van der Waals surface area contributed by atoms with Crippen molar-refractivity contribution in [1.29, 1.82) is 0 Å². The molecule has 2 fully saturated rings. The maximum Gasteiger partial charge on any atom is 0.255 e. The van der Waals surface area contributed by atoms with E-state index < -0.39 is 10.0 Å². The first-order valence-electron chi connectivity index (χ1n) is 7.82. The maximum absolute atomic E-state index is 12.7. The minimum atomic E-state index is -3.81. The molecule has 0 radical (unpaired) electrons. The van der Waals surface area contributed by atoms with Crippen LogP contribution in [0.2, 0.25) is 10.0 Å². The van der Waals surface area contributed by atoms with Crippen molar-refractivity contribution in [2.24, 2.45) is 0 Å². The SMILES string of the molecule is O=CN1CCN(C(=O)c2cc(S(=O)(=O)NC3CC3)c(Cl)cc2Cl)CC1. The van der Waals surface area contributed by atoms with Crippen molar-refractivity contribution in [1.82, 2.24) is 14.5 Å². The third-order valence-corrected chi connectivity index (χ3v) is 6.49. The Balaban J connectivity index is 1.87. The second-order valence-corrected chi connectivity index (χ2v) is 8.59. The molecule has 1 N–H and O–H groups in total. The van der Waals surface area contributed by atoms with Crippen LogP contribution in [0.15, 0.2) is 17.0 Å². The van der Waals surface area contributed by atoms with Crippen LogP contribution < -0.4 is 4.72 Å². The molecule has 2 amide bonds. The van der Waals surface area contributed by atoms with Crippen molar-refractivity contribution < 1.29 is 18.0 Å². The van der Waals surface area contributed by atoms with Gasteiger partial charge in [0.1, 0.15) is 4.90 Å². The molecule has 7 nitrogen and oxygen atoms in total. The van der Waals surface area contributed by atoms with Crippen LogP contribution in [0.5, 0.6) is 0 Å². The fourth-order valence-corrected chi connectivity index (χ4v) is 4.74. The van der Waals surface area contributed by atoms with Gasteiger partial charge in [0.2, 0.25) is 16.4 Å². The van der Waals surface area contributed by atoms with Crippen molar-refractivity contribution in [3.8, 4) is 0 Å². The van der Waals surface area contributed by atoms with E-state index in [2.05, 4.69) is 4.72 Å². The second kappa shape index (κ2) is 7.11. The molecule has 0 aromatic heterocycles. The summed E-state index contributed by atoms with van der Waals surface area (Å²) in [5.74, 6) is -0.380. The van der Waals surface area contributed by atoms with Gasteiger partial charge in [0.25, 0.3) is 5.91 Å². The monoisotopic (exact) mass is 405 g/mol. The van der Waals surface area contributed by atoms with Crippen LogP contribution in [0.1, 0.15) is 23.2 Å². The molecule has 0 spiro atoms. The van der Waals surface area contributed by atoms with Crippen molar-refractivity contribution in [2.75, 3.05) is 26.2 Å². The van der Waals surface area contributed by atoms with Crippen molar-refractivity contribution in [2.45, 2.75) is 23.8 Å². The standard InChI is InChI=1S/C15H17Cl2N3O4S/c16-12-8-13(17)14(25(23,24)18-10-1-2-10)7-11(12)15(22)20-5-3-19(9-21)4-6-20/h7-10,18H,1-6H2. The molecule has 1 heterocycles. The summed E-state index contributed by atoms with van der Waals surface area (Å²) in [4.78, 5) is 26.4. The Hall–Kier alpha value is -1.35. The number of piperazine rings is 1. The summed E-state index contributed by atoms with van der Waals surface area (Å²) < 4.78 is 27.4. The van der Waals surface area contributed by atoms with Crippen molar-refractivity contribution in [3.63, 3.8) is 0 Å². The van der Waals surface area contributed by atoms with Gasteiger partial charge in [0.15, 0.2) is 0 Å². The van der Waals surface area contributed by atoms with Gasteiger partial charge in [-0.3, -0.25) is 9.59 Å². The number of sulfonamides is 1. The lowest BCUT2D eigenvalue weighted by molar-refractivity contribution is -0.119. The summed E-state index contributed by atoms with van der Waals surface area (Å²) in [6, 6.07) is 2.43. The molecule has 1 saturated heterocycles. The van der Waals surface area contributed by atoms with Crippen LogP contribution in [0.25, 0.3) is 0 Å². The van der Waals surface area contributed by atoms with E-state index in [-0.39, 0.29) is 32.5 Å². The molecular formula is C15H17Cl2N3O4S. The second-order valence-electron chi connectivity index (χ2n) is 6.09. The highest BCUT2D eigenvalue weighted by molar-refractivity contribution is 7.89. The Bertz CT molecular complexity index is 803. The number of benzene rings is 1. The zero-order valence-electron chi connectivity index (χ0n) is 13.2. The van der Waals surface area contributed by atoms with Gasteiger partial charge in [0.05, 0.1) is 15.6 Å². The van der Waals surface area contributed by atoms with Gasteiger partial charge >= 0.3 is 0 Å². The van der Waals surface area contributed by atoms with Crippen LogP contribution in [0.4, 0.5) is 0 Å². The topological polar surface area (TPSA) is 86.8 Å². The fraction of sp³-hybridized carbons (Fsp3) is 0.467. The number of hydrogen-bond acceptors (Lipinski definition) is 4. The molecule has 0 bridgehead atoms. The van der Waals surface area contributed by atoms with E-state index in [1.807, 2.05) is 0 Å². The van der Waals surface area contributed by atoms with E-state index >= 15 is 0 Å². The van der Waals surface area contributed by atoms with E-state index in [1.54, 1.807) is 9.80 Å². The Morgan fingerprint density at radius 2 is 1.76 bits per heavy atom. The molecule has 25 heavy (non-hydrogen) atoms. The largest absolute Gasteiger partial charge is 0.342 e. The van der Waals surface area contributed by atoms with E-state index in [1.165, 1.54) is 12.1 Å². The summed E-state index contributed by atoms with van der Waals surface area (Å²) in [5.41, 5.74) is 0.0850. The van der Waals surface area contributed by atoms with E-state index in [4.69, 9.17) is 23.2 Å². The van der Waals surface area contributed by atoms with E-state index in [0.29, 0.717) is 26.2 Å². The minimum absolute atomic E-state index is 0.0273. The first-order valence-corrected chi connectivity index (χ1v) is 10.1. The molecule has 1 aliphatic heterocycles. The van der Waals surface area contributed by atoms with Gasteiger partial charge < -0.3 is 9.80 Å². The molecule has 1 aromatic carbocycles. The first-order chi connectivity index (χ1) is 11.8. The molecule has 1 aromatic rings. The highest BCUT2D eigenvalue weighted by atomic mass is 35.5. The average Bonchev–Trinajstić information content (AvgIpc) is 3.37. The smallest absolute Gasteiger partial charge is 0.255 e. The number of carbonyl (C=O) groups excluding carboxylic acids is 2. The number of rotatable bonds is 5. The molecule has 2 aliphatic rings. The normalized spacial score (nSPS) is 18.3. The van der Waals surface area contributed by atoms with Gasteiger partial charge in [-0.2, -0.15) is 0 Å². The predicted molar refractivity (Wildman–Crippen MR) is 93.3 cm³/mol. The third kappa shape index (κ3) is 4.08. The minimum Gasteiger partial charge on any atom is -0.342 e. The zero-order valence-corrected chi connectivity index (χ0v) is 15.6. The third-order valence-electron chi connectivity index (χ3n) is 4.19. The lowest BCUT2D eigenvalue weighted by Crippen LogP contribution is -2.48. The molecule has 136 valence electrons. The van der Waals surface area contributed by atoms with Crippen LogP contribution in [0, 0.1) is 0 Å². The molecular weight excluding hydrogens is 389 g/mol. The van der Waals surface area contributed by atoms with Crippen LogP contribution in [0.3, 0.4) is 0 Å². The maximum atomic E-state index is 12.7. The Kier molecular flexibility index (Phi) is 5.24. The molecule has 3 rings (SSSR count). The van der Waals surface area contributed by atoms with Gasteiger partial charge in [0, 0.05) is 32.2 Å². The Labute approximate surface area is 155 Å². The number of amides is 2. The van der Waals surface area contributed by atoms with E-state index in [0.717, 1.165) is 19.3 Å². The van der Waals surface area contributed by atoms with Crippen molar-refractivity contribution in [3.05, 3.63) is 27.7 Å². The molecule has 0 atom stereocenters. The summed E-state index contributed by atoms with van der Waals surface area (Å²) in [5, 5.41) is 0.0682. The highest BCUT2D eigenvalue weighted by Crippen LogP contribution is 2.31. The van der Waals surface area contributed by atoms with Gasteiger partial charge in [-0.1, -0.05) is 23.2 Å². The van der Waals surface area contributed by atoms with Crippen LogP contribution >= 0.6 is 23.2 Å². The number of halogens is 2. The lowest BCUT2D eigenvalue weighted by atomic mass is 10.2. The van der Waals surface area contributed by atoms with E-state index in [9.17, 15) is 18.0 Å². The number of nitrogens with one attached hydrogen (secondary N) is 1. The van der Waals surface area contributed by atoms with Crippen LogP contribution in [-0.2, 0) is 14.8 Å². The molecule has 0 unspecified atom stereocenters. The molecule has 1 saturated carbocycles. The summed E-state index contributed by atoms with van der Waals surface area (Å²) >= 11 is 12.2. The van der Waals surface area contributed by atoms with Gasteiger partial charge in [-0.25, -0.2) is 13.1 Å². The number of carbonyl (C=O) groups is 2. The molecule has 10 heteroatoms. The number of hydrogen-bond donors (Lipinski definition) is 1. The predicted octanol–water partition coefficient (Wildman–Crippen LogP) is 1.35. The summed E-state index contributed by atoms with van der Waals surface area (Å²) in [6.45, 7) is 1.57. The lowest BCUT2D eigenvalue weighted by Gasteiger charge is -2.32. The van der Waals surface area contributed by atoms with Crippen molar-refractivity contribution >= 4 is 45.5 Å². The summed E-state index contributed by atoms with van der Waals surface area (Å²) in [6.07, 6.45) is 2.32. The zero-order chi connectivity index (χ0) is 18.2. The number of nitrogens with zero attached hydrogens (tertiary/aromatic N) is 2. The highest BCUT2D eigenvalue weighted by Gasteiger charge is 2.31. The summed E-state index contributed by atoms with van der Waals surface area (Å²) in [7, 11) is -3.81.